The average molecular weight is 219 g/mol. The van der Waals surface area contributed by atoms with Crippen LogP contribution in [0.5, 0.6) is 0 Å². The Morgan fingerprint density at radius 2 is 2.00 bits per heavy atom. The van der Waals surface area contributed by atoms with E-state index in [0.717, 1.165) is 0 Å². The Morgan fingerprint density at radius 1 is 1.36 bits per heavy atom. The van der Waals surface area contributed by atoms with Crippen LogP contribution in [-0.2, 0) is 14.8 Å². The van der Waals surface area contributed by atoms with Gasteiger partial charge in [0, 0.05) is 12.5 Å². The largest absolute Gasteiger partial charge is 0.379 e. The molecule has 2 rings (SSSR count). The number of fused-ring (bicyclic) bond motifs is 1. The predicted octanol–water partition coefficient (Wildman–Crippen LogP) is 0.303. The van der Waals surface area contributed by atoms with Crippen molar-refractivity contribution >= 4 is 10.0 Å². The second-order valence-corrected chi connectivity index (χ2v) is 6.94. The molecule has 2 atom stereocenters. The number of sulfonamides is 1. The molecule has 14 heavy (non-hydrogen) atoms. The van der Waals surface area contributed by atoms with E-state index in [1.54, 1.807) is 4.31 Å². The predicted molar refractivity (Wildman–Crippen MR) is 53.4 cm³/mol. The molecule has 4 nitrogen and oxygen atoms in total. The van der Waals surface area contributed by atoms with E-state index < -0.39 is 10.0 Å². The van der Waals surface area contributed by atoms with Crippen molar-refractivity contribution < 1.29 is 13.2 Å². The zero-order chi connectivity index (χ0) is 10.6. The highest BCUT2D eigenvalue weighted by Crippen LogP contribution is 2.43. The summed E-state index contributed by atoms with van der Waals surface area (Å²) in [6, 6.07) is 0.0694. The van der Waals surface area contributed by atoms with Crippen molar-refractivity contribution in [3.8, 4) is 0 Å². The highest BCUT2D eigenvalue weighted by Gasteiger charge is 2.52. The van der Waals surface area contributed by atoms with Crippen LogP contribution in [0.3, 0.4) is 0 Å². The first-order valence-electron chi connectivity index (χ1n) is 4.87. The summed E-state index contributed by atoms with van der Waals surface area (Å²) < 4.78 is 30.0. The lowest BCUT2D eigenvalue weighted by Gasteiger charge is -2.23. The van der Waals surface area contributed by atoms with E-state index >= 15 is 0 Å². The van der Waals surface area contributed by atoms with Crippen LogP contribution < -0.4 is 0 Å². The molecule has 0 aromatic heterocycles. The molecule has 2 saturated heterocycles. The molecule has 2 fully saturated rings. The van der Waals surface area contributed by atoms with Gasteiger partial charge in [0.25, 0.3) is 0 Å². The molecule has 82 valence electrons. The van der Waals surface area contributed by atoms with E-state index in [2.05, 4.69) is 13.8 Å². The van der Waals surface area contributed by atoms with Gasteiger partial charge in [0.1, 0.15) is 0 Å². The van der Waals surface area contributed by atoms with Crippen LogP contribution in [0.1, 0.15) is 13.8 Å². The van der Waals surface area contributed by atoms with Gasteiger partial charge < -0.3 is 4.74 Å². The summed E-state index contributed by atoms with van der Waals surface area (Å²) in [7, 11) is -3.07. The van der Waals surface area contributed by atoms with Crippen molar-refractivity contribution in [2.45, 2.75) is 19.9 Å². The lowest BCUT2D eigenvalue weighted by molar-refractivity contribution is 0.137. The Labute approximate surface area is 85.3 Å². The molecule has 0 amide bonds. The van der Waals surface area contributed by atoms with Gasteiger partial charge in [-0.05, 0) is 5.41 Å². The molecule has 0 radical (unpaired) electrons. The van der Waals surface area contributed by atoms with Crippen LogP contribution in [0, 0.1) is 11.3 Å². The maximum Gasteiger partial charge on any atom is 0.211 e. The second-order valence-electron chi connectivity index (χ2n) is 5.01. The lowest BCUT2D eigenvalue weighted by Crippen LogP contribution is -2.37. The van der Waals surface area contributed by atoms with Gasteiger partial charge in [-0.1, -0.05) is 13.8 Å². The molecule has 0 N–H and O–H groups in total. The smallest absolute Gasteiger partial charge is 0.211 e. The van der Waals surface area contributed by atoms with Gasteiger partial charge in [0.2, 0.25) is 10.0 Å². The van der Waals surface area contributed by atoms with Crippen molar-refractivity contribution in [2.24, 2.45) is 11.3 Å². The van der Waals surface area contributed by atoms with Crippen molar-refractivity contribution in [2.75, 3.05) is 26.0 Å². The lowest BCUT2D eigenvalue weighted by atomic mass is 9.80. The molecular weight excluding hydrogens is 202 g/mol. The summed E-state index contributed by atoms with van der Waals surface area (Å²) >= 11 is 0. The first-order chi connectivity index (χ1) is 6.32. The molecule has 0 aromatic carbocycles. The fraction of sp³-hybridized carbons (Fsp3) is 1.00. The molecule has 0 spiro atoms. The molecule has 0 bridgehead atoms. The normalized spacial score (nSPS) is 37.4. The Hall–Kier alpha value is -0.130. The van der Waals surface area contributed by atoms with E-state index in [1.807, 2.05) is 0 Å². The van der Waals surface area contributed by atoms with Crippen LogP contribution in [-0.4, -0.2) is 44.8 Å². The fourth-order valence-corrected chi connectivity index (χ4v) is 3.84. The Bertz CT molecular complexity index is 336. The first-order valence-corrected chi connectivity index (χ1v) is 6.72. The summed E-state index contributed by atoms with van der Waals surface area (Å²) in [4.78, 5) is 0. The minimum atomic E-state index is -3.07. The van der Waals surface area contributed by atoms with Crippen LogP contribution in [0.4, 0.5) is 0 Å². The van der Waals surface area contributed by atoms with Crippen LogP contribution in [0.2, 0.25) is 0 Å². The fourth-order valence-electron chi connectivity index (χ4n) is 2.57. The monoisotopic (exact) mass is 219 g/mol. The molecule has 0 aliphatic carbocycles. The van der Waals surface area contributed by atoms with Gasteiger partial charge in [-0.25, -0.2) is 8.42 Å². The standard InChI is InChI=1S/C9H17NO3S/c1-9(2)6-10(14(3,11)12)8-5-13-4-7(8)9/h7-8H,4-6H2,1-3H3. The second kappa shape index (κ2) is 2.93. The Kier molecular flexibility index (Phi) is 2.18. The third kappa shape index (κ3) is 1.47. The first kappa shape index (κ1) is 10.4. The van der Waals surface area contributed by atoms with Gasteiger partial charge >= 0.3 is 0 Å². The molecular formula is C9H17NO3S. The topological polar surface area (TPSA) is 46.6 Å². The third-order valence-electron chi connectivity index (χ3n) is 3.41. The summed E-state index contributed by atoms with van der Waals surface area (Å²) in [6.07, 6.45) is 1.28. The molecule has 2 aliphatic heterocycles. The van der Waals surface area contributed by atoms with Crippen molar-refractivity contribution in [1.29, 1.82) is 0 Å². The maximum atomic E-state index is 11.5. The van der Waals surface area contributed by atoms with Gasteiger partial charge in [-0.3, -0.25) is 0 Å². The summed E-state index contributed by atoms with van der Waals surface area (Å²) in [5, 5.41) is 0. The van der Waals surface area contributed by atoms with E-state index in [0.29, 0.717) is 25.7 Å². The number of rotatable bonds is 1. The number of nitrogens with zero attached hydrogens (tertiary/aromatic N) is 1. The highest BCUT2D eigenvalue weighted by atomic mass is 32.2. The van der Waals surface area contributed by atoms with E-state index in [1.165, 1.54) is 6.26 Å². The summed E-state index contributed by atoms with van der Waals surface area (Å²) in [5.41, 5.74) is 0.0459. The SMILES string of the molecule is CC1(C)CN(S(C)(=O)=O)C2COCC21. The average Bonchev–Trinajstić information content (AvgIpc) is 2.51. The van der Waals surface area contributed by atoms with Crippen LogP contribution in [0.25, 0.3) is 0 Å². The van der Waals surface area contributed by atoms with Gasteiger partial charge in [0.05, 0.1) is 25.5 Å². The molecule has 2 heterocycles. The van der Waals surface area contributed by atoms with Gasteiger partial charge in [0.15, 0.2) is 0 Å². The van der Waals surface area contributed by atoms with E-state index in [-0.39, 0.29) is 11.5 Å². The van der Waals surface area contributed by atoms with E-state index in [4.69, 9.17) is 4.74 Å². The quantitative estimate of drug-likeness (QED) is 0.637. The zero-order valence-electron chi connectivity index (χ0n) is 8.86. The molecule has 0 saturated carbocycles. The van der Waals surface area contributed by atoms with Crippen molar-refractivity contribution in [3.05, 3.63) is 0 Å². The maximum absolute atomic E-state index is 11.5. The van der Waals surface area contributed by atoms with Gasteiger partial charge in [-0.2, -0.15) is 4.31 Å². The van der Waals surface area contributed by atoms with Crippen LogP contribution >= 0.6 is 0 Å². The third-order valence-corrected chi connectivity index (χ3v) is 4.67. The van der Waals surface area contributed by atoms with Crippen molar-refractivity contribution in [1.82, 2.24) is 4.31 Å². The number of ether oxygens (including phenoxy) is 1. The van der Waals surface area contributed by atoms with Gasteiger partial charge in [-0.15, -0.1) is 0 Å². The number of hydrogen-bond acceptors (Lipinski definition) is 3. The van der Waals surface area contributed by atoms with Crippen molar-refractivity contribution in [3.63, 3.8) is 0 Å². The Balaban J connectivity index is 2.32. The minimum Gasteiger partial charge on any atom is -0.379 e. The molecule has 5 heteroatoms. The zero-order valence-corrected chi connectivity index (χ0v) is 9.67. The summed E-state index contributed by atoms with van der Waals surface area (Å²) in [6.45, 7) is 6.12. The number of hydrogen-bond donors (Lipinski definition) is 0. The van der Waals surface area contributed by atoms with E-state index in [9.17, 15) is 8.42 Å². The highest BCUT2D eigenvalue weighted by molar-refractivity contribution is 7.88. The van der Waals surface area contributed by atoms with Crippen LogP contribution in [0.15, 0.2) is 0 Å². The molecule has 0 aromatic rings. The molecule has 2 aliphatic rings. The summed E-state index contributed by atoms with van der Waals surface area (Å²) in [5.74, 6) is 0.359. The molecule has 2 unspecified atom stereocenters. The Morgan fingerprint density at radius 3 is 2.57 bits per heavy atom. The minimum absolute atomic E-state index is 0.0459.